The number of hydrogen-bond donors (Lipinski definition) is 0. The summed E-state index contributed by atoms with van der Waals surface area (Å²) < 4.78 is 32.7. The Morgan fingerprint density at radius 1 is 0.844 bits per heavy atom. The molecule has 0 aliphatic heterocycles. The fourth-order valence-electron chi connectivity index (χ4n) is 3.22. The smallest absolute Gasteiger partial charge is 0.338 e. The number of ketones is 1. The van der Waals surface area contributed by atoms with Gasteiger partial charge in [-0.15, -0.1) is 0 Å². The van der Waals surface area contributed by atoms with Gasteiger partial charge in [-0.05, 0) is 49.2 Å². The molecule has 0 atom stereocenters. The van der Waals surface area contributed by atoms with Gasteiger partial charge in [-0.1, -0.05) is 55.5 Å². The highest BCUT2D eigenvalue weighted by molar-refractivity contribution is 7.92. The van der Waals surface area contributed by atoms with Crippen LogP contribution >= 0.6 is 0 Å². The van der Waals surface area contributed by atoms with Crippen molar-refractivity contribution in [3.63, 3.8) is 0 Å². The number of para-hydroxylation sites is 1. The van der Waals surface area contributed by atoms with E-state index in [0.717, 1.165) is 12.0 Å². The molecular formula is C25H25NO5S. The molecule has 0 unspecified atom stereocenters. The zero-order chi connectivity index (χ0) is 23.1. The summed E-state index contributed by atoms with van der Waals surface area (Å²) in [6.07, 6.45) is 0.864. The fourth-order valence-corrected chi connectivity index (χ4v) is 4.74. The molecule has 0 radical (unpaired) electrons. The van der Waals surface area contributed by atoms with Gasteiger partial charge in [-0.3, -0.25) is 9.10 Å². The third kappa shape index (κ3) is 5.23. The molecule has 0 aromatic heterocycles. The Morgan fingerprint density at radius 2 is 1.53 bits per heavy atom. The molecule has 6 nitrogen and oxygen atoms in total. The summed E-state index contributed by atoms with van der Waals surface area (Å²) in [6, 6.07) is 21.5. The molecule has 0 fully saturated rings. The molecule has 0 spiro atoms. The minimum Gasteiger partial charge on any atom is -0.454 e. The first-order valence-electron chi connectivity index (χ1n) is 10.3. The lowest BCUT2D eigenvalue weighted by molar-refractivity contribution is 0.0474. The summed E-state index contributed by atoms with van der Waals surface area (Å²) in [4.78, 5) is 24.8. The first-order valence-corrected chi connectivity index (χ1v) is 11.8. The molecule has 7 heteroatoms. The number of carbonyl (C=O) groups is 2. The van der Waals surface area contributed by atoms with Crippen molar-refractivity contribution in [2.24, 2.45) is 0 Å². The molecule has 0 aliphatic carbocycles. The molecule has 0 saturated carbocycles. The van der Waals surface area contributed by atoms with Gasteiger partial charge >= 0.3 is 5.97 Å². The van der Waals surface area contributed by atoms with Crippen molar-refractivity contribution in [3.05, 3.63) is 95.6 Å². The zero-order valence-corrected chi connectivity index (χ0v) is 18.8. The van der Waals surface area contributed by atoms with Crippen LogP contribution in [0, 0.1) is 0 Å². The second-order valence-electron chi connectivity index (χ2n) is 7.08. The van der Waals surface area contributed by atoms with E-state index in [-0.39, 0.29) is 22.8 Å². The molecule has 32 heavy (non-hydrogen) atoms. The van der Waals surface area contributed by atoms with Gasteiger partial charge in [-0.2, -0.15) is 0 Å². The van der Waals surface area contributed by atoms with E-state index in [1.165, 1.54) is 28.6 Å². The van der Waals surface area contributed by atoms with E-state index in [1.54, 1.807) is 49.4 Å². The van der Waals surface area contributed by atoms with Crippen LogP contribution in [0.15, 0.2) is 83.8 Å². The summed E-state index contributed by atoms with van der Waals surface area (Å²) in [7, 11) is -3.88. The van der Waals surface area contributed by atoms with Crippen LogP contribution < -0.4 is 4.31 Å². The number of anilines is 1. The molecule has 3 aromatic rings. The molecule has 0 N–H and O–H groups in total. The third-order valence-corrected chi connectivity index (χ3v) is 6.91. The summed E-state index contributed by atoms with van der Waals surface area (Å²) in [6.45, 7) is 3.56. The van der Waals surface area contributed by atoms with Crippen LogP contribution in [0.1, 0.15) is 40.1 Å². The van der Waals surface area contributed by atoms with Gasteiger partial charge in [0.15, 0.2) is 12.4 Å². The largest absolute Gasteiger partial charge is 0.454 e. The van der Waals surface area contributed by atoms with Crippen molar-refractivity contribution in [1.82, 2.24) is 0 Å². The maximum Gasteiger partial charge on any atom is 0.338 e. The second kappa shape index (κ2) is 10.2. The molecule has 166 valence electrons. The quantitative estimate of drug-likeness (QED) is 0.353. The summed E-state index contributed by atoms with van der Waals surface area (Å²) >= 11 is 0. The van der Waals surface area contributed by atoms with Crippen LogP contribution in [0.25, 0.3) is 0 Å². The highest BCUT2D eigenvalue weighted by Crippen LogP contribution is 2.24. The lowest BCUT2D eigenvalue weighted by atomic mass is 10.1. The van der Waals surface area contributed by atoms with E-state index in [2.05, 4.69) is 0 Å². The maximum atomic E-state index is 13.2. The lowest BCUT2D eigenvalue weighted by Gasteiger charge is -2.23. The minimum atomic E-state index is -3.88. The Hall–Kier alpha value is -3.45. The van der Waals surface area contributed by atoms with Crippen molar-refractivity contribution < 1.29 is 22.7 Å². The predicted molar refractivity (Wildman–Crippen MR) is 124 cm³/mol. The number of esters is 1. The van der Waals surface area contributed by atoms with Crippen LogP contribution in [-0.4, -0.2) is 33.3 Å². The van der Waals surface area contributed by atoms with Crippen LogP contribution in [-0.2, 0) is 21.2 Å². The first kappa shape index (κ1) is 23.2. The Morgan fingerprint density at radius 3 is 2.16 bits per heavy atom. The molecule has 0 heterocycles. The Kier molecular flexibility index (Phi) is 7.43. The number of carbonyl (C=O) groups excluding carboxylic acids is 2. The average molecular weight is 452 g/mol. The van der Waals surface area contributed by atoms with Crippen LogP contribution in [0.2, 0.25) is 0 Å². The molecule has 0 aliphatic rings. The number of nitrogens with zero attached hydrogens (tertiary/aromatic N) is 1. The SMILES string of the molecule is CCc1ccc(C(=O)COC(=O)c2cccc(S(=O)(=O)N(CC)c3ccccc3)c2)cc1. The molecule has 3 aromatic carbocycles. The predicted octanol–water partition coefficient (Wildman–Crippen LogP) is 4.50. The van der Waals surface area contributed by atoms with Crippen molar-refractivity contribution in [2.75, 3.05) is 17.5 Å². The Labute approximate surface area is 188 Å². The molecule has 0 bridgehead atoms. The zero-order valence-electron chi connectivity index (χ0n) is 18.0. The lowest BCUT2D eigenvalue weighted by Crippen LogP contribution is -2.30. The maximum absolute atomic E-state index is 13.2. The van der Waals surface area contributed by atoms with Gasteiger partial charge in [0.05, 0.1) is 16.1 Å². The van der Waals surface area contributed by atoms with Crippen LogP contribution in [0.4, 0.5) is 5.69 Å². The molecule has 3 rings (SSSR count). The van der Waals surface area contributed by atoms with Crippen molar-refractivity contribution >= 4 is 27.5 Å². The minimum absolute atomic E-state index is 0.0286. The molecule has 0 saturated heterocycles. The highest BCUT2D eigenvalue weighted by Gasteiger charge is 2.24. The number of ether oxygens (including phenoxy) is 1. The number of hydrogen-bond acceptors (Lipinski definition) is 5. The second-order valence-corrected chi connectivity index (χ2v) is 8.95. The fraction of sp³-hybridized carbons (Fsp3) is 0.200. The number of aryl methyl sites for hydroxylation is 1. The van der Waals surface area contributed by atoms with E-state index < -0.39 is 22.6 Å². The van der Waals surface area contributed by atoms with Crippen LogP contribution in [0.3, 0.4) is 0 Å². The molecule has 0 amide bonds. The van der Waals surface area contributed by atoms with Crippen LogP contribution in [0.5, 0.6) is 0 Å². The van der Waals surface area contributed by atoms with Gasteiger partial charge in [0.1, 0.15) is 0 Å². The van der Waals surface area contributed by atoms with Gasteiger partial charge < -0.3 is 4.74 Å². The topological polar surface area (TPSA) is 80.8 Å². The first-order chi connectivity index (χ1) is 15.4. The highest BCUT2D eigenvalue weighted by atomic mass is 32.2. The third-order valence-electron chi connectivity index (χ3n) is 5.01. The number of Topliss-reactive ketones (excluding diaryl/α,β-unsaturated/α-hetero) is 1. The summed E-state index contributed by atoms with van der Waals surface area (Å²) in [5.74, 6) is -1.09. The number of benzene rings is 3. The summed E-state index contributed by atoms with van der Waals surface area (Å²) in [5, 5.41) is 0. The van der Waals surface area contributed by atoms with Crippen molar-refractivity contribution in [2.45, 2.75) is 25.2 Å². The average Bonchev–Trinajstić information content (AvgIpc) is 2.83. The van der Waals surface area contributed by atoms with E-state index >= 15 is 0 Å². The molecular weight excluding hydrogens is 426 g/mol. The van der Waals surface area contributed by atoms with E-state index in [0.29, 0.717) is 11.3 Å². The van der Waals surface area contributed by atoms with Gasteiger partial charge in [0.2, 0.25) is 0 Å². The van der Waals surface area contributed by atoms with Gasteiger partial charge in [-0.25, -0.2) is 13.2 Å². The number of rotatable bonds is 9. The van der Waals surface area contributed by atoms with Gasteiger partial charge in [0, 0.05) is 12.1 Å². The van der Waals surface area contributed by atoms with E-state index in [9.17, 15) is 18.0 Å². The Bertz CT molecular complexity index is 1190. The van der Waals surface area contributed by atoms with Crippen molar-refractivity contribution in [1.29, 1.82) is 0 Å². The number of sulfonamides is 1. The monoisotopic (exact) mass is 451 g/mol. The van der Waals surface area contributed by atoms with E-state index in [4.69, 9.17) is 4.74 Å². The van der Waals surface area contributed by atoms with Crippen molar-refractivity contribution in [3.8, 4) is 0 Å². The standard InChI is InChI=1S/C25H25NO5S/c1-3-19-13-15-20(16-14-19)24(27)18-31-25(28)21-9-8-12-23(17-21)32(29,30)26(4-2)22-10-6-5-7-11-22/h5-17H,3-4,18H2,1-2H3. The van der Waals surface area contributed by atoms with E-state index in [1.807, 2.05) is 19.1 Å². The normalized spacial score (nSPS) is 11.1. The Balaban J connectivity index is 1.74. The summed E-state index contributed by atoms with van der Waals surface area (Å²) in [5.41, 5.74) is 2.15. The van der Waals surface area contributed by atoms with Gasteiger partial charge in [0.25, 0.3) is 10.0 Å².